The molecule has 1 aliphatic rings. The van der Waals surface area contributed by atoms with E-state index in [1.54, 1.807) is 0 Å². The molecule has 0 spiro atoms. The molecule has 1 rings (SSSR count). The topological polar surface area (TPSA) is 12.5 Å². The third-order valence-corrected chi connectivity index (χ3v) is 1.40. The summed E-state index contributed by atoms with van der Waals surface area (Å²) in [6, 6.07) is 0. The first-order valence-corrected chi connectivity index (χ1v) is 3.55. The van der Waals surface area contributed by atoms with Gasteiger partial charge in [-0.2, -0.15) is 0 Å². The quantitative estimate of drug-likeness (QED) is 0.499. The molecule has 1 fully saturated rings. The first kappa shape index (κ1) is 5.56. The Morgan fingerprint density at radius 1 is 1.86 bits per heavy atom. The van der Waals surface area contributed by atoms with Crippen molar-refractivity contribution in [1.82, 2.24) is 0 Å². The van der Waals surface area contributed by atoms with Gasteiger partial charge >= 0.3 is 0 Å². The largest absolute Gasteiger partial charge is 0.373 e. The molecule has 1 nitrogen and oxygen atoms in total. The third kappa shape index (κ3) is 2.29. The number of rotatable bonds is 2. The van der Waals surface area contributed by atoms with Gasteiger partial charge < -0.3 is 4.74 Å². The molecule has 2 heteroatoms. The maximum absolute atomic E-state index is 4.96. The molecule has 0 amide bonds. The monoisotopic (exact) mass is 210 g/mol. The van der Waals surface area contributed by atoms with Crippen LogP contribution < -0.4 is 0 Å². The lowest BCUT2D eigenvalue weighted by molar-refractivity contribution is 0.410. The molecule has 0 aromatic heterocycles. The SMILES string of the molecule is I/C=C\C[C@H]1CO1. The van der Waals surface area contributed by atoms with Crippen molar-refractivity contribution in [3.05, 3.63) is 10.2 Å². The van der Waals surface area contributed by atoms with Crippen molar-refractivity contribution in [3.63, 3.8) is 0 Å². The van der Waals surface area contributed by atoms with Gasteiger partial charge in [-0.05, 0) is 10.5 Å². The van der Waals surface area contributed by atoms with Gasteiger partial charge in [0, 0.05) is 0 Å². The van der Waals surface area contributed by atoms with Crippen LogP contribution in [0.1, 0.15) is 6.42 Å². The van der Waals surface area contributed by atoms with Gasteiger partial charge in [0.2, 0.25) is 0 Å². The Hall–Kier alpha value is 0.430. The first-order valence-electron chi connectivity index (χ1n) is 2.30. The Balaban J connectivity index is 1.98. The highest BCUT2D eigenvalue weighted by molar-refractivity contribution is 14.1. The number of epoxide rings is 1. The molecular formula is C5H7IO. The highest BCUT2D eigenvalue weighted by Gasteiger charge is 2.19. The van der Waals surface area contributed by atoms with E-state index in [1.807, 2.05) is 4.08 Å². The zero-order valence-electron chi connectivity index (χ0n) is 3.93. The zero-order chi connectivity index (χ0) is 5.11. The van der Waals surface area contributed by atoms with Gasteiger partial charge in [0.05, 0.1) is 12.7 Å². The predicted molar refractivity (Wildman–Crippen MR) is 37.5 cm³/mol. The molecule has 1 saturated heterocycles. The molecule has 0 aromatic rings. The molecule has 1 aliphatic heterocycles. The van der Waals surface area contributed by atoms with E-state index < -0.39 is 0 Å². The maximum atomic E-state index is 4.96. The van der Waals surface area contributed by atoms with Crippen LogP contribution in [-0.2, 0) is 4.74 Å². The Bertz CT molecular complexity index is 76.1. The smallest absolute Gasteiger partial charge is 0.0844 e. The molecule has 0 aliphatic carbocycles. The van der Waals surface area contributed by atoms with Crippen LogP contribution in [0.4, 0.5) is 0 Å². The van der Waals surface area contributed by atoms with E-state index in [1.165, 1.54) is 0 Å². The summed E-state index contributed by atoms with van der Waals surface area (Å²) >= 11 is 2.21. The summed E-state index contributed by atoms with van der Waals surface area (Å²) in [5.74, 6) is 0. The van der Waals surface area contributed by atoms with Crippen molar-refractivity contribution in [3.8, 4) is 0 Å². The van der Waals surface area contributed by atoms with Crippen LogP contribution in [0.3, 0.4) is 0 Å². The summed E-state index contributed by atoms with van der Waals surface area (Å²) in [6.07, 6.45) is 3.78. The molecular weight excluding hydrogens is 203 g/mol. The summed E-state index contributed by atoms with van der Waals surface area (Å²) < 4.78 is 6.98. The Morgan fingerprint density at radius 3 is 3.00 bits per heavy atom. The van der Waals surface area contributed by atoms with Crippen molar-refractivity contribution >= 4 is 22.6 Å². The van der Waals surface area contributed by atoms with Gasteiger partial charge in [0.25, 0.3) is 0 Å². The lowest BCUT2D eigenvalue weighted by Gasteiger charge is -1.76. The highest BCUT2D eigenvalue weighted by atomic mass is 127. The van der Waals surface area contributed by atoms with E-state index in [0.717, 1.165) is 13.0 Å². The van der Waals surface area contributed by atoms with Gasteiger partial charge in [0.15, 0.2) is 0 Å². The van der Waals surface area contributed by atoms with Crippen molar-refractivity contribution in [2.45, 2.75) is 12.5 Å². The maximum Gasteiger partial charge on any atom is 0.0844 e. The van der Waals surface area contributed by atoms with E-state index in [-0.39, 0.29) is 0 Å². The van der Waals surface area contributed by atoms with Crippen molar-refractivity contribution in [1.29, 1.82) is 0 Å². The Kier molecular flexibility index (Phi) is 2.12. The van der Waals surface area contributed by atoms with E-state index in [0.29, 0.717) is 6.10 Å². The average molecular weight is 210 g/mol. The fraction of sp³-hybridized carbons (Fsp3) is 0.600. The van der Waals surface area contributed by atoms with Crippen LogP contribution in [0.15, 0.2) is 10.2 Å². The van der Waals surface area contributed by atoms with E-state index in [4.69, 9.17) is 4.74 Å². The molecule has 40 valence electrons. The summed E-state index contributed by atoms with van der Waals surface area (Å²) in [4.78, 5) is 0. The average Bonchev–Trinajstić information content (AvgIpc) is 2.42. The van der Waals surface area contributed by atoms with Gasteiger partial charge in [-0.25, -0.2) is 0 Å². The van der Waals surface area contributed by atoms with E-state index in [2.05, 4.69) is 28.7 Å². The lowest BCUT2D eigenvalue weighted by atomic mass is 10.3. The minimum Gasteiger partial charge on any atom is -0.373 e. The fourth-order valence-corrected chi connectivity index (χ4v) is 0.701. The second kappa shape index (κ2) is 2.67. The fourth-order valence-electron chi connectivity index (χ4n) is 0.407. The molecule has 0 bridgehead atoms. The lowest BCUT2D eigenvalue weighted by Crippen LogP contribution is -1.76. The number of ether oxygens (including phenoxy) is 1. The molecule has 0 N–H and O–H groups in total. The van der Waals surface area contributed by atoms with Crippen molar-refractivity contribution in [2.75, 3.05) is 6.61 Å². The van der Waals surface area contributed by atoms with Crippen LogP contribution >= 0.6 is 22.6 Å². The molecule has 0 saturated carbocycles. The van der Waals surface area contributed by atoms with Crippen LogP contribution in [-0.4, -0.2) is 12.7 Å². The number of halogens is 1. The minimum atomic E-state index is 0.561. The molecule has 1 atom stereocenters. The molecule has 0 radical (unpaired) electrons. The Morgan fingerprint density at radius 2 is 2.57 bits per heavy atom. The van der Waals surface area contributed by atoms with E-state index >= 15 is 0 Å². The van der Waals surface area contributed by atoms with Crippen LogP contribution in [0, 0.1) is 0 Å². The van der Waals surface area contributed by atoms with Gasteiger partial charge in [-0.15, -0.1) is 0 Å². The Labute approximate surface area is 56.9 Å². The zero-order valence-corrected chi connectivity index (χ0v) is 6.09. The summed E-state index contributed by atoms with van der Waals surface area (Å²) in [5.41, 5.74) is 0. The number of hydrogen-bond acceptors (Lipinski definition) is 1. The van der Waals surface area contributed by atoms with Gasteiger partial charge in [0.1, 0.15) is 0 Å². The van der Waals surface area contributed by atoms with Gasteiger partial charge in [-0.3, -0.25) is 0 Å². The summed E-state index contributed by atoms with van der Waals surface area (Å²) in [5, 5.41) is 0. The number of hydrogen-bond donors (Lipinski definition) is 0. The van der Waals surface area contributed by atoms with Gasteiger partial charge in [-0.1, -0.05) is 28.7 Å². The molecule has 0 unspecified atom stereocenters. The van der Waals surface area contributed by atoms with Crippen molar-refractivity contribution in [2.24, 2.45) is 0 Å². The van der Waals surface area contributed by atoms with Crippen LogP contribution in [0.25, 0.3) is 0 Å². The standard InChI is InChI=1S/C5H7IO/c6-3-1-2-5-4-7-5/h1,3,5H,2,4H2/b3-1-/t5-/m0/s1. The third-order valence-electron chi connectivity index (χ3n) is 0.890. The summed E-state index contributed by atoms with van der Waals surface area (Å²) in [7, 11) is 0. The molecule has 1 heterocycles. The normalized spacial score (nSPS) is 29.0. The van der Waals surface area contributed by atoms with Crippen LogP contribution in [0.2, 0.25) is 0 Å². The highest BCUT2D eigenvalue weighted by Crippen LogP contribution is 2.13. The summed E-state index contributed by atoms with van der Waals surface area (Å²) in [6.45, 7) is 0.973. The molecule has 7 heavy (non-hydrogen) atoms. The molecule has 0 aromatic carbocycles. The first-order chi connectivity index (χ1) is 3.43. The van der Waals surface area contributed by atoms with Crippen LogP contribution in [0.5, 0.6) is 0 Å². The second-order valence-electron chi connectivity index (χ2n) is 1.55. The minimum absolute atomic E-state index is 0.561. The second-order valence-corrected chi connectivity index (χ2v) is 2.27. The predicted octanol–water partition coefficient (Wildman–Crippen LogP) is 1.72. The van der Waals surface area contributed by atoms with E-state index in [9.17, 15) is 0 Å². The van der Waals surface area contributed by atoms with Crippen molar-refractivity contribution < 1.29 is 4.74 Å².